The van der Waals surface area contributed by atoms with Crippen LogP contribution in [0.1, 0.15) is 52.9 Å². The van der Waals surface area contributed by atoms with Gasteiger partial charge in [-0.25, -0.2) is 4.79 Å². The molecule has 2 saturated heterocycles. The summed E-state index contributed by atoms with van der Waals surface area (Å²) in [6.07, 6.45) is 4.93. The third-order valence-electron chi connectivity index (χ3n) is 8.83. The number of hydrogen-bond acceptors (Lipinski definition) is 13. The Morgan fingerprint density at radius 1 is 0.980 bits per heavy atom. The number of carboxylic acid groups (broad SMARTS) is 1. The summed E-state index contributed by atoms with van der Waals surface area (Å²) < 4.78 is 23.1. The first kappa shape index (κ1) is 40.4. The maximum absolute atomic E-state index is 12.3. The fraction of sp³-hybridized carbons (Fsp3) is 0.600. The highest BCUT2D eigenvalue weighted by Crippen LogP contribution is 2.38. The number of carbonyl (C=O) groups is 2. The molecular weight excluding hydrogens is 642 g/mol. The normalized spacial score (nSPS) is 44.5. The Balaban J connectivity index is 1.93. The first-order chi connectivity index (χ1) is 23.2. The Labute approximate surface area is 286 Å². The van der Waals surface area contributed by atoms with Crippen LogP contribution in [0.25, 0.3) is 0 Å². The van der Waals surface area contributed by atoms with E-state index in [-0.39, 0.29) is 25.7 Å². The Hall–Kier alpha value is -3.02. The molecule has 0 unspecified atom stereocenters. The predicted molar refractivity (Wildman–Crippen MR) is 176 cm³/mol. The number of esters is 1. The Morgan fingerprint density at radius 2 is 1.65 bits per heavy atom. The van der Waals surface area contributed by atoms with Gasteiger partial charge in [-0.15, -0.1) is 0 Å². The van der Waals surface area contributed by atoms with Crippen molar-refractivity contribution in [3.05, 3.63) is 72.4 Å². The smallest absolute Gasteiger partial charge is 0.331 e. The van der Waals surface area contributed by atoms with Crippen LogP contribution in [0.5, 0.6) is 0 Å². The summed E-state index contributed by atoms with van der Waals surface area (Å²) in [5.41, 5.74) is 6.70. The zero-order valence-corrected chi connectivity index (χ0v) is 28.0. The molecule has 274 valence electrons. The van der Waals surface area contributed by atoms with Gasteiger partial charge in [0.05, 0.1) is 48.8 Å². The molecule has 0 aromatic rings. The van der Waals surface area contributed by atoms with Crippen molar-refractivity contribution in [1.29, 1.82) is 0 Å². The van der Waals surface area contributed by atoms with Crippen LogP contribution in [0.3, 0.4) is 0 Å². The first-order valence-electron chi connectivity index (χ1n) is 16.5. The maximum atomic E-state index is 12.3. The van der Waals surface area contributed by atoms with Crippen LogP contribution in [-0.2, 0) is 28.5 Å². The SMILES string of the molecule is C\C=C1/C=C\C=C/C=C\C=C/[C@H](O[C@@H]2O[C@H](C)[C@@H](O)[C@H](N)[C@@H]2O)C[C@@H]2O[C@](O)(CCC[C@@H](O)[C@H](O)/C=C\C(=O)O[C@@H]1C)C[C@H](O)[C@H]2C(=O)O. The quantitative estimate of drug-likeness (QED) is 0.190. The fourth-order valence-electron chi connectivity index (χ4n) is 5.97. The van der Waals surface area contributed by atoms with Crippen LogP contribution in [0.2, 0.25) is 0 Å². The largest absolute Gasteiger partial charge is 0.481 e. The van der Waals surface area contributed by atoms with Crippen LogP contribution in [0.15, 0.2) is 72.4 Å². The molecule has 0 aromatic heterocycles. The minimum Gasteiger partial charge on any atom is -0.481 e. The Bertz CT molecular complexity index is 1280. The molecule has 49 heavy (non-hydrogen) atoms. The number of allylic oxidation sites excluding steroid dienone is 7. The van der Waals surface area contributed by atoms with Gasteiger partial charge in [0.1, 0.15) is 18.1 Å². The van der Waals surface area contributed by atoms with Crippen LogP contribution < -0.4 is 5.73 Å². The molecular formula is C35H51NO13. The number of aliphatic carboxylic acids is 1. The van der Waals surface area contributed by atoms with E-state index >= 15 is 0 Å². The van der Waals surface area contributed by atoms with E-state index in [1.165, 1.54) is 0 Å². The molecule has 2 fully saturated rings. The lowest BCUT2D eigenvalue weighted by atomic mass is 9.83. The van der Waals surface area contributed by atoms with E-state index in [4.69, 9.17) is 24.7 Å². The van der Waals surface area contributed by atoms with Gasteiger partial charge in [0.2, 0.25) is 0 Å². The number of carboxylic acids is 1. The summed E-state index contributed by atoms with van der Waals surface area (Å²) in [4.78, 5) is 24.6. The number of rotatable bonds is 3. The second-order valence-corrected chi connectivity index (χ2v) is 12.6. The summed E-state index contributed by atoms with van der Waals surface area (Å²) in [6.45, 7) is 5.05. The van der Waals surface area contributed by atoms with E-state index in [9.17, 15) is 45.3 Å². The molecule has 3 heterocycles. The van der Waals surface area contributed by atoms with Crippen molar-refractivity contribution >= 4 is 11.9 Å². The molecule has 0 spiro atoms. The summed E-state index contributed by atoms with van der Waals surface area (Å²) in [5, 5.41) is 74.0. The van der Waals surface area contributed by atoms with Gasteiger partial charge < -0.3 is 60.4 Å². The molecule has 0 aromatic carbocycles. The molecule has 14 nitrogen and oxygen atoms in total. The van der Waals surface area contributed by atoms with Gasteiger partial charge >= 0.3 is 11.9 Å². The average Bonchev–Trinajstić information content (AvgIpc) is 3.03. The van der Waals surface area contributed by atoms with Crippen LogP contribution in [0.4, 0.5) is 0 Å². The number of cyclic esters (lactones) is 1. The summed E-state index contributed by atoms with van der Waals surface area (Å²) in [7, 11) is 0. The van der Waals surface area contributed by atoms with Gasteiger partial charge in [-0.3, -0.25) is 4.79 Å². The van der Waals surface area contributed by atoms with Crippen LogP contribution >= 0.6 is 0 Å². The lowest BCUT2D eigenvalue weighted by Crippen LogP contribution is -2.61. The van der Waals surface area contributed by atoms with Gasteiger partial charge in [-0.1, -0.05) is 54.7 Å². The van der Waals surface area contributed by atoms with E-state index in [0.717, 1.165) is 17.7 Å². The van der Waals surface area contributed by atoms with Crippen LogP contribution in [0, 0.1) is 5.92 Å². The van der Waals surface area contributed by atoms with E-state index in [1.54, 1.807) is 75.5 Å². The topological polar surface area (TPSA) is 239 Å². The van der Waals surface area contributed by atoms with Crippen molar-refractivity contribution < 1.29 is 64.3 Å². The molecule has 3 aliphatic heterocycles. The second-order valence-electron chi connectivity index (χ2n) is 12.6. The minimum absolute atomic E-state index is 0.0329. The van der Waals surface area contributed by atoms with Crippen LogP contribution in [-0.4, -0.2) is 121 Å². The van der Waals surface area contributed by atoms with Gasteiger partial charge in [0.25, 0.3) is 0 Å². The Morgan fingerprint density at radius 3 is 2.33 bits per heavy atom. The molecule has 14 heteroatoms. The average molecular weight is 694 g/mol. The molecule has 3 aliphatic rings. The zero-order valence-electron chi connectivity index (χ0n) is 28.0. The maximum Gasteiger partial charge on any atom is 0.331 e. The fourth-order valence-corrected chi connectivity index (χ4v) is 5.97. The van der Waals surface area contributed by atoms with Gasteiger partial charge in [-0.05, 0) is 45.3 Å². The van der Waals surface area contributed by atoms with Crippen molar-refractivity contribution in [1.82, 2.24) is 0 Å². The van der Waals surface area contributed by atoms with Crippen molar-refractivity contribution in [2.75, 3.05) is 0 Å². The third kappa shape index (κ3) is 11.8. The number of nitrogens with two attached hydrogens (primary N) is 1. The van der Waals surface area contributed by atoms with Crippen molar-refractivity contribution in [3.8, 4) is 0 Å². The molecule has 0 amide bonds. The number of aliphatic hydroxyl groups excluding tert-OH is 5. The Kier molecular flexibility index (Phi) is 15.5. The molecule has 0 saturated carbocycles. The molecule has 0 radical (unpaired) electrons. The predicted octanol–water partition coefficient (Wildman–Crippen LogP) is 0.660. The number of ether oxygens (including phenoxy) is 4. The molecule has 3 rings (SSSR count). The number of carbonyl (C=O) groups excluding carboxylic acids is 1. The minimum atomic E-state index is -2.00. The van der Waals surface area contributed by atoms with Gasteiger partial charge in [0.15, 0.2) is 12.1 Å². The molecule has 2 bridgehead atoms. The third-order valence-corrected chi connectivity index (χ3v) is 8.83. The monoisotopic (exact) mass is 693 g/mol. The zero-order chi connectivity index (χ0) is 36.3. The molecule has 9 N–H and O–H groups in total. The number of aliphatic hydroxyl groups is 6. The van der Waals surface area contributed by atoms with Gasteiger partial charge in [-0.2, -0.15) is 0 Å². The molecule has 0 aliphatic carbocycles. The second kappa shape index (κ2) is 18.8. The highest BCUT2D eigenvalue weighted by Gasteiger charge is 2.50. The first-order valence-corrected chi connectivity index (χ1v) is 16.5. The van der Waals surface area contributed by atoms with Crippen molar-refractivity contribution in [2.24, 2.45) is 11.7 Å². The number of fused-ring (bicyclic) bond motifs is 2. The highest BCUT2D eigenvalue weighted by molar-refractivity contribution is 5.82. The van der Waals surface area contributed by atoms with E-state index in [1.807, 2.05) is 0 Å². The summed E-state index contributed by atoms with van der Waals surface area (Å²) in [5.74, 6) is -5.53. The van der Waals surface area contributed by atoms with E-state index < -0.39 is 97.3 Å². The summed E-state index contributed by atoms with van der Waals surface area (Å²) >= 11 is 0. The lowest BCUT2D eigenvalue weighted by Gasteiger charge is -2.45. The standard InChI is InChI=1S/C35H51NO13/c1-4-22-12-9-7-5-6-8-10-13-23(48-34-32(42)30(36)31(41)21(3)47-34)18-27-29(33(43)44)26(39)19-35(45,49-27)17-11-14-24(37)25(38)15-16-28(40)46-20(22)2/h4-10,12-13,15-16,20-21,23-27,29-32,34,37-39,41-42,45H,11,14,17-19,36H2,1-3H3,(H,43,44)/b7-5-,8-6-,12-9-,13-10-,16-15-,22-4+/t20-,21-,23+,24-,25-,26+,27+,29-,30+,31-,32+,34+,35-/m1/s1. The van der Waals surface area contributed by atoms with E-state index in [0.29, 0.717) is 0 Å². The lowest BCUT2D eigenvalue weighted by molar-refractivity contribution is -0.304. The van der Waals surface area contributed by atoms with Crippen molar-refractivity contribution in [2.45, 2.75) is 126 Å². The van der Waals surface area contributed by atoms with E-state index in [2.05, 4.69) is 0 Å². The van der Waals surface area contributed by atoms with Crippen molar-refractivity contribution in [3.63, 3.8) is 0 Å². The summed E-state index contributed by atoms with van der Waals surface area (Å²) in [6, 6.07) is -1.09. The molecule has 13 atom stereocenters. The highest BCUT2D eigenvalue weighted by atomic mass is 16.7. The van der Waals surface area contributed by atoms with Gasteiger partial charge in [0, 0.05) is 25.3 Å². The number of hydrogen-bond donors (Lipinski definition) is 8.